The van der Waals surface area contributed by atoms with Crippen LogP contribution in [0.3, 0.4) is 0 Å². The summed E-state index contributed by atoms with van der Waals surface area (Å²) >= 11 is 0. The summed E-state index contributed by atoms with van der Waals surface area (Å²) in [5, 5.41) is 11.5. The summed E-state index contributed by atoms with van der Waals surface area (Å²) in [5.74, 6) is -1.42. The third kappa shape index (κ3) is 3.97. The van der Waals surface area contributed by atoms with Crippen LogP contribution in [0.4, 0.5) is 18.9 Å². The van der Waals surface area contributed by atoms with Gasteiger partial charge in [-0.15, -0.1) is 0 Å². The first kappa shape index (κ1) is 16.3. The molecule has 0 bridgehead atoms. The summed E-state index contributed by atoms with van der Waals surface area (Å²) in [6.07, 6.45) is -3.24. The molecule has 1 heterocycles. The summed E-state index contributed by atoms with van der Waals surface area (Å²) in [6.45, 7) is 0.412. The minimum Gasteiger partial charge on any atom is -0.480 e. The number of aliphatic carboxylic acids is 1. The number of benzene rings is 1. The molecule has 1 amide bonds. The molecule has 0 saturated carbocycles. The van der Waals surface area contributed by atoms with Gasteiger partial charge in [0, 0.05) is 5.69 Å². The number of anilines is 1. The average Bonchev–Trinajstić information content (AvgIpc) is 2.86. The van der Waals surface area contributed by atoms with Crippen LogP contribution >= 0.6 is 0 Å². The highest BCUT2D eigenvalue weighted by molar-refractivity contribution is 5.92. The first-order valence-corrected chi connectivity index (χ1v) is 6.71. The molecule has 1 atom stereocenters. The van der Waals surface area contributed by atoms with Crippen molar-refractivity contribution in [2.45, 2.75) is 25.1 Å². The summed E-state index contributed by atoms with van der Waals surface area (Å²) < 4.78 is 37.3. The van der Waals surface area contributed by atoms with Gasteiger partial charge in [0.05, 0.1) is 12.1 Å². The first-order chi connectivity index (χ1) is 10.3. The molecule has 0 radical (unpaired) electrons. The zero-order chi connectivity index (χ0) is 16.3. The fourth-order valence-corrected chi connectivity index (χ4v) is 2.42. The van der Waals surface area contributed by atoms with E-state index in [-0.39, 0.29) is 12.2 Å². The van der Waals surface area contributed by atoms with E-state index in [0.29, 0.717) is 19.4 Å². The van der Waals surface area contributed by atoms with E-state index in [1.165, 1.54) is 12.1 Å². The van der Waals surface area contributed by atoms with E-state index in [0.717, 1.165) is 12.1 Å². The topological polar surface area (TPSA) is 69.6 Å². The van der Waals surface area contributed by atoms with Gasteiger partial charge in [-0.25, -0.2) is 0 Å². The van der Waals surface area contributed by atoms with Crippen molar-refractivity contribution in [3.63, 3.8) is 0 Å². The zero-order valence-corrected chi connectivity index (χ0v) is 11.6. The number of amides is 1. The molecule has 0 aromatic heterocycles. The molecule has 0 unspecified atom stereocenters. The fourth-order valence-electron chi connectivity index (χ4n) is 2.42. The van der Waals surface area contributed by atoms with Gasteiger partial charge in [0.2, 0.25) is 5.91 Å². The summed E-state index contributed by atoms with van der Waals surface area (Å²) in [5.41, 5.74) is -0.556. The molecule has 0 spiro atoms. The second-order valence-corrected chi connectivity index (χ2v) is 5.09. The molecular weight excluding hydrogens is 301 g/mol. The third-order valence-corrected chi connectivity index (χ3v) is 3.49. The van der Waals surface area contributed by atoms with Crippen LogP contribution in [0.15, 0.2) is 24.3 Å². The maximum Gasteiger partial charge on any atom is 0.416 e. The van der Waals surface area contributed by atoms with Crippen molar-refractivity contribution in [2.75, 3.05) is 18.4 Å². The van der Waals surface area contributed by atoms with Crippen molar-refractivity contribution >= 4 is 17.6 Å². The Kier molecular flexibility index (Phi) is 4.70. The lowest BCUT2D eigenvalue weighted by Gasteiger charge is -2.20. The standard InChI is InChI=1S/C14H15F3N2O3/c15-14(16,17)9-3-5-10(6-4-9)18-12(20)8-19-7-1-2-11(19)13(21)22/h3-6,11H,1-2,7-8H2,(H,18,20)(H,21,22)/t11-/m0/s1. The monoisotopic (exact) mass is 316 g/mol. The number of hydrogen-bond acceptors (Lipinski definition) is 3. The third-order valence-electron chi connectivity index (χ3n) is 3.49. The van der Waals surface area contributed by atoms with Crippen LogP contribution < -0.4 is 5.32 Å². The molecule has 1 fully saturated rings. The van der Waals surface area contributed by atoms with E-state index >= 15 is 0 Å². The summed E-state index contributed by atoms with van der Waals surface area (Å²) in [7, 11) is 0. The lowest BCUT2D eigenvalue weighted by Crippen LogP contribution is -2.40. The van der Waals surface area contributed by atoms with Crippen LogP contribution in [0.5, 0.6) is 0 Å². The number of nitrogens with one attached hydrogen (secondary N) is 1. The second-order valence-electron chi connectivity index (χ2n) is 5.09. The highest BCUT2D eigenvalue weighted by Gasteiger charge is 2.32. The van der Waals surface area contributed by atoms with Gasteiger partial charge in [-0.2, -0.15) is 13.2 Å². The van der Waals surface area contributed by atoms with Gasteiger partial charge in [0.1, 0.15) is 6.04 Å². The lowest BCUT2D eigenvalue weighted by atomic mass is 10.2. The lowest BCUT2D eigenvalue weighted by molar-refractivity contribution is -0.142. The fraction of sp³-hybridized carbons (Fsp3) is 0.429. The number of carboxylic acid groups (broad SMARTS) is 1. The number of halogens is 3. The maximum absolute atomic E-state index is 12.4. The molecular formula is C14H15F3N2O3. The van der Waals surface area contributed by atoms with Gasteiger partial charge in [0.15, 0.2) is 0 Å². The number of carbonyl (C=O) groups is 2. The van der Waals surface area contributed by atoms with Gasteiger partial charge in [0.25, 0.3) is 0 Å². The minimum atomic E-state index is -4.42. The van der Waals surface area contributed by atoms with Crippen molar-refractivity contribution in [2.24, 2.45) is 0 Å². The molecule has 22 heavy (non-hydrogen) atoms. The summed E-state index contributed by atoms with van der Waals surface area (Å²) in [4.78, 5) is 24.4. The normalized spacial score (nSPS) is 19.1. The van der Waals surface area contributed by atoms with Crippen LogP contribution in [-0.4, -0.2) is 41.0 Å². The number of carboxylic acids is 1. The number of nitrogens with zero attached hydrogens (tertiary/aromatic N) is 1. The SMILES string of the molecule is O=C(CN1CCC[C@H]1C(=O)O)Nc1ccc(C(F)(F)F)cc1. The second kappa shape index (κ2) is 6.35. The van der Waals surface area contributed by atoms with Crippen molar-refractivity contribution in [3.8, 4) is 0 Å². The quantitative estimate of drug-likeness (QED) is 0.893. The van der Waals surface area contributed by atoms with Gasteiger partial charge < -0.3 is 10.4 Å². The molecule has 1 aliphatic rings. The molecule has 1 aromatic carbocycles. The Labute approximate surface area is 124 Å². The predicted molar refractivity (Wildman–Crippen MR) is 72.3 cm³/mol. The molecule has 0 aliphatic carbocycles. The number of likely N-dealkylation sites (tertiary alicyclic amines) is 1. The Balaban J connectivity index is 1.93. The Morgan fingerprint density at radius 2 is 1.91 bits per heavy atom. The van der Waals surface area contributed by atoms with Crippen LogP contribution in [0.25, 0.3) is 0 Å². The highest BCUT2D eigenvalue weighted by Crippen LogP contribution is 2.29. The largest absolute Gasteiger partial charge is 0.480 e. The Hall–Kier alpha value is -2.09. The van der Waals surface area contributed by atoms with E-state index in [1.807, 2.05) is 0 Å². The number of hydrogen-bond donors (Lipinski definition) is 2. The Morgan fingerprint density at radius 1 is 1.27 bits per heavy atom. The predicted octanol–water partition coefficient (Wildman–Crippen LogP) is 2.19. The van der Waals surface area contributed by atoms with Crippen molar-refractivity contribution in [1.29, 1.82) is 0 Å². The van der Waals surface area contributed by atoms with Gasteiger partial charge in [-0.3, -0.25) is 14.5 Å². The van der Waals surface area contributed by atoms with E-state index in [2.05, 4.69) is 5.32 Å². The minimum absolute atomic E-state index is 0.0992. The average molecular weight is 316 g/mol. The molecule has 5 nitrogen and oxygen atoms in total. The van der Waals surface area contributed by atoms with Crippen LogP contribution in [-0.2, 0) is 15.8 Å². The van der Waals surface area contributed by atoms with Crippen molar-refractivity contribution in [3.05, 3.63) is 29.8 Å². The Morgan fingerprint density at radius 3 is 2.45 bits per heavy atom. The summed E-state index contributed by atoms with van der Waals surface area (Å²) in [6, 6.07) is 3.41. The van der Waals surface area contributed by atoms with Crippen molar-refractivity contribution in [1.82, 2.24) is 4.90 Å². The van der Waals surface area contributed by atoms with E-state index in [1.54, 1.807) is 4.90 Å². The maximum atomic E-state index is 12.4. The van der Waals surface area contributed by atoms with Gasteiger partial charge >= 0.3 is 12.1 Å². The van der Waals surface area contributed by atoms with E-state index in [9.17, 15) is 22.8 Å². The number of alkyl halides is 3. The number of carbonyl (C=O) groups excluding carboxylic acids is 1. The molecule has 2 rings (SSSR count). The van der Waals surface area contributed by atoms with E-state index in [4.69, 9.17) is 5.11 Å². The molecule has 1 aromatic rings. The molecule has 120 valence electrons. The molecule has 8 heteroatoms. The smallest absolute Gasteiger partial charge is 0.416 e. The van der Waals surface area contributed by atoms with Gasteiger partial charge in [-0.05, 0) is 43.7 Å². The van der Waals surface area contributed by atoms with Crippen LogP contribution in [0.2, 0.25) is 0 Å². The van der Waals surface area contributed by atoms with E-state index < -0.39 is 29.7 Å². The zero-order valence-electron chi connectivity index (χ0n) is 11.6. The molecule has 1 aliphatic heterocycles. The van der Waals surface area contributed by atoms with Crippen LogP contribution in [0.1, 0.15) is 18.4 Å². The number of rotatable bonds is 4. The first-order valence-electron chi connectivity index (χ1n) is 6.71. The highest BCUT2D eigenvalue weighted by atomic mass is 19.4. The molecule has 1 saturated heterocycles. The van der Waals surface area contributed by atoms with Crippen LogP contribution in [0, 0.1) is 0 Å². The van der Waals surface area contributed by atoms with Gasteiger partial charge in [-0.1, -0.05) is 0 Å². The van der Waals surface area contributed by atoms with Crippen molar-refractivity contribution < 1.29 is 27.9 Å². The molecule has 2 N–H and O–H groups in total. The Bertz CT molecular complexity index is 557.